The Labute approximate surface area is 106 Å². The predicted octanol–water partition coefficient (Wildman–Crippen LogP) is 1.55. The van der Waals surface area contributed by atoms with Crippen molar-refractivity contribution in [2.45, 2.75) is 37.3 Å². The number of hydrogen-bond donors (Lipinski definition) is 2. The lowest BCUT2D eigenvalue weighted by Crippen LogP contribution is -2.46. The molecule has 1 saturated carbocycles. The topological polar surface area (TPSA) is 41.1 Å². The van der Waals surface area contributed by atoms with Gasteiger partial charge in [-0.3, -0.25) is 4.79 Å². The normalized spacial score (nSPS) is 30.9. The molecule has 1 unspecified atom stereocenters. The average molecular weight is 248 g/mol. The van der Waals surface area contributed by atoms with Gasteiger partial charge in [-0.15, -0.1) is 0 Å². The molecule has 2 aliphatic rings. The highest BCUT2D eigenvalue weighted by atomic mass is 19.1. The Kier molecular flexibility index (Phi) is 3.04. The summed E-state index contributed by atoms with van der Waals surface area (Å²) in [7, 11) is 0. The molecule has 2 N–H and O–H groups in total. The van der Waals surface area contributed by atoms with E-state index in [1.165, 1.54) is 6.07 Å². The van der Waals surface area contributed by atoms with Crippen molar-refractivity contribution in [2.75, 3.05) is 6.54 Å². The summed E-state index contributed by atoms with van der Waals surface area (Å²) in [6.07, 6.45) is 2.50. The first-order valence-corrected chi connectivity index (χ1v) is 6.49. The number of rotatable bonds is 3. The second-order valence-corrected chi connectivity index (χ2v) is 5.26. The van der Waals surface area contributed by atoms with Gasteiger partial charge in [0.25, 0.3) is 0 Å². The zero-order valence-corrected chi connectivity index (χ0v) is 10.2. The quantitative estimate of drug-likeness (QED) is 0.852. The molecule has 4 heteroatoms. The van der Waals surface area contributed by atoms with Gasteiger partial charge in [0, 0.05) is 25.0 Å². The van der Waals surface area contributed by atoms with Crippen LogP contribution >= 0.6 is 0 Å². The highest BCUT2D eigenvalue weighted by Crippen LogP contribution is 2.38. The maximum absolute atomic E-state index is 13.6. The molecule has 18 heavy (non-hydrogen) atoms. The molecule has 2 fully saturated rings. The van der Waals surface area contributed by atoms with Gasteiger partial charge in [-0.25, -0.2) is 4.39 Å². The van der Waals surface area contributed by atoms with Gasteiger partial charge in [-0.2, -0.15) is 0 Å². The average Bonchev–Trinajstić information content (AvgIpc) is 2.70. The molecule has 1 aliphatic heterocycles. The summed E-state index contributed by atoms with van der Waals surface area (Å²) in [5.41, 5.74) is 0.830. The molecular weight excluding hydrogens is 231 g/mol. The summed E-state index contributed by atoms with van der Waals surface area (Å²) in [4.78, 5) is 11.1. The molecule has 1 atom stereocenters. The monoisotopic (exact) mass is 248 g/mol. The van der Waals surface area contributed by atoms with Crippen molar-refractivity contribution in [2.24, 2.45) is 0 Å². The van der Waals surface area contributed by atoms with Crippen LogP contribution in [0.3, 0.4) is 0 Å². The van der Waals surface area contributed by atoms with Gasteiger partial charge in [-0.1, -0.05) is 18.2 Å². The summed E-state index contributed by atoms with van der Waals surface area (Å²) < 4.78 is 13.6. The van der Waals surface area contributed by atoms with Gasteiger partial charge in [0.05, 0.1) is 0 Å². The van der Waals surface area contributed by atoms with Crippen LogP contribution in [0.4, 0.5) is 4.39 Å². The van der Waals surface area contributed by atoms with Crippen LogP contribution in [-0.4, -0.2) is 24.5 Å². The number of carbonyl (C=O) groups is 1. The van der Waals surface area contributed by atoms with E-state index in [-0.39, 0.29) is 17.8 Å². The lowest BCUT2D eigenvalue weighted by molar-refractivity contribution is -0.119. The summed E-state index contributed by atoms with van der Waals surface area (Å²) in [6.45, 7) is 0.722. The second-order valence-electron chi connectivity index (χ2n) is 5.26. The van der Waals surface area contributed by atoms with E-state index < -0.39 is 0 Å². The van der Waals surface area contributed by atoms with Crippen LogP contribution in [0.2, 0.25) is 0 Å². The number of hydrogen-bond acceptors (Lipinski definition) is 2. The van der Waals surface area contributed by atoms with Crippen molar-refractivity contribution in [1.82, 2.24) is 10.6 Å². The minimum Gasteiger partial charge on any atom is -0.354 e. The molecular formula is C14H17FN2O. The van der Waals surface area contributed by atoms with Crippen molar-refractivity contribution in [3.8, 4) is 0 Å². The number of benzene rings is 1. The first kappa shape index (κ1) is 11.7. The molecule has 0 radical (unpaired) electrons. The molecule has 1 aromatic rings. The third-order valence-electron chi connectivity index (χ3n) is 3.93. The highest BCUT2D eigenvalue weighted by molar-refractivity contribution is 5.78. The maximum atomic E-state index is 13.6. The molecule has 3 nitrogen and oxygen atoms in total. The Bertz CT molecular complexity index is 457. The molecule has 1 aliphatic carbocycles. The van der Waals surface area contributed by atoms with E-state index in [4.69, 9.17) is 0 Å². The van der Waals surface area contributed by atoms with Crippen LogP contribution in [0, 0.1) is 5.82 Å². The Morgan fingerprint density at radius 2 is 2.00 bits per heavy atom. The molecule has 0 spiro atoms. The Morgan fingerprint density at radius 3 is 2.67 bits per heavy atom. The zero-order chi connectivity index (χ0) is 12.5. The van der Waals surface area contributed by atoms with Crippen molar-refractivity contribution in [3.63, 3.8) is 0 Å². The van der Waals surface area contributed by atoms with Crippen molar-refractivity contribution >= 4 is 5.91 Å². The minimum atomic E-state index is -0.0985. The molecule has 1 amide bonds. The Morgan fingerprint density at radius 1 is 1.22 bits per heavy atom. The third kappa shape index (κ3) is 2.25. The van der Waals surface area contributed by atoms with Crippen LogP contribution < -0.4 is 10.6 Å². The second kappa shape index (κ2) is 4.69. The fraction of sp³-hybridized carbons (Fsp3) is 0.500. The van der Waals surface area contributed by atoms with Crippen molar-refractivity contribution in [1.29, 1.82) is 0 Å². The summed E-state index contributed by atoms with van der Waals surface area (Å²) in [6, 6.07) is 7.69. The maximum Gasteiger partial charge on any atom is 0.221 e. The van der Waals surface area contributed by atoms with E-state index in [1.54, 1.807) is 6.07 Å². The van der Waals surface area contributed by atoms with Crippen LogP contribution in [0.15, 0.2) is 24.3 Å². The summed E-state index contributed by atoms with van der Waals surface area (Å²) in [5, 5.41) is 6.27. The number of halogens is 1. The van der Waals surface area contributed by atoms with Crippen LogP contribution in [0.5, 0.6) is 0 Å². The van der Waals surface area contributed by atoms with Crippen LogP contribution in [0.1, 0.15) is 30.7 Å². The fourth-order valence-corrected chi connectivity index (χ4v) is 2.87. The Hall–Kier alpha value is -1.42. The van der Waals surface area contributed by atoms with Gasteiger partial charge >= 0.3 is 0 Å². The van der Waals surface area contributed by atoms with E-state index >= 15 is 0 Å². The first-order chi connectivity index (χ1) is 8.72. The predicted molar refractivity (Wildman–Crippen MR) is 66.7 cm³/mol. The van der Waals surface area contributed by atoms with E-state index in [0.29, 0.717) is 18.4 Å². The fourth-order valence-electron chi connectivity index (χ4n) is 2.87. The smallest absolute Gasteiger partial charge is 0.221 e. The molecule has 1 heterocycles. The lowest BCUT2D eigenvalue weighted by Gasteiger charge is -2.38. The van der Waals surface area contributed by atoms with Gasteiger partial charge in [0.2, 0.25) is 5.91 Å². The first-order valence-electron chi connectivity index (χ1n) is 6.49. The van der Waals surface area contributed by atoms with E-state index in [2.05, 4.69) is 10.6 Å². The van der Waals surface area contributed by atoms with Crippen LogP contribution in [-0.2, 0) is 4.79 Å². The summed E-state index contributed by atoms with van der Waals surface area (Å²) >= 11 is 0. The molecule has 0 bridgehead atoms. The largest absolute Gasteiger partial charge is 0.354 e. The van der Waals surface area contributed by atoms with Gasteiger partial charge < -0.3 is 10.6 Å². The van der Waals surface area contributed by atoms with Crippen LogP contribution in [0.25, 0.3) is 0 Å². The van der Waals surface area contributed by atoms with Gasteiger partial charge in [0.1, 0.15) is 5.82 Å². The molecule has 1 saturated heterocycles. The number of carbonyl (C=O) groups excluding carboxylic acids is 1. The lowest BCUT2D eigenvalue weighted by atomic mass is 9.75. The minimum absolute atomic E-state index is 0.0985. The summed E-state index contributed by atoms with van der Waals surface area (Å²) in [5.74, 6) is 0.352. The van der Waals surface area contributed by atoms with Crippen molar-refractivity contribution in [3.05, 3.63) is 35.6 Å². The Balaban J connectivity index is 1.51. The number of amides is 1. The van der Waals surface area contributed by atoms with E-state index in [0.717, 1.165) is 24.9 Å². The van der Waals surface area contributed by atoms with E-state index in [9.17, 15) is 9.18 Å². The molecule has 3 rings (SSSR count). The SMILES string of the molecule is O=C1CC(NC2CC(c3ccccc3F)C2)CN1. The third-order valence-corrected chi connectivity index (χ3v) is 3.93. The molecule has 1 aromatic carbocycles. The standard InChI is InChI=1S/C14H17FN2O/c15-13-4-2-1-3-12(13)9-5-10(6-9)17-11-7-14(18)16-8-11/h1-4,9-11,17H,5-8H2,(H,16,18). The highest BCUT2D eigenvalue weighted by Gasteiger charge is 2.34. The molecule has 96 valence electrons. The van der Waals surface area contributed by atoms with Crippen molar-refractivity contribution < 1.29 is 9.18 Å². The van der Waals surface area contributed by atoms with Gasteiger partial charge in [0.15, 0.2) is 0 Å². The number of nitrogens with one attached hydrogen (secondary N) is 2. The van der Waals surface area contributed by atoms with E-state index in [1.807, 2.05) is 12.1 Å². The molecule has 0 aromatic heterocycles. The zero-order valence-electron chi connectivity index (χ0n) is 10.2. The van der Waals surface area contributed by atoms with Gasteiger partial charge in [-0.05, 0) is 30.4 Å².